The Labute approximate surface area is 115 Å². The number of nitrogens with two attached hydrogens (primary N) is 1. The van der Waals surface area contributed by atoms with E-state index < -0.39 is 0 Å². The predicted molar refractivity (Wildman–Crippen MR) is 79.5 cm³/mol. The minimum absolute atomic E-state index is 0.240. The van der Waals surface area contributed by atoms with Gasteiger partial charge < -0.3 is 15.5 Å². The highest BCUT2D eigenvalue weighted by Crippen LogP contribution is 2.30. The summed E-state index contributed by atoms with van der Waals surface area (Å²) in [6.07, 6.45) is 2.51. The summed E-state index contributed by atoms with van der Waals surface area (Å²) >= 11 is 1.60. The second-order valence-electron chi connectivity index (χ2n) is 4.55. The molecule has 0 radical (unpaired) electrons. The molecule has 0 saturated heterocycles. The van der Waals surface area contributed by atoms with Gasteiger partial charge in [-0.15, -0.1) is 11.3 Å². The number of rotatable bonds is 4. The fraction of sp³-hybridized carbons (Fsp3) is 0.214. The van der Waals surface area contributed by atoms with Crippen LogP contribution < -0.4 is 11.1 Å². The Kier molecular flexibility index (Phi) is 3.13. The number of nitrogens with one attached hydrogen (secondary N) is 1. The molecule has 0 bridgehead atoms. The zero-order valence-corrected chi connectivity index (χ0v) is 11.4. The van der Waals surface area contributed by atoms with Crippen LogP contribution in [0.25, 0.3) is 10.2 Å². The second-order valence-corrected chi connectivity index (χ2v) is 5.44. The van der Waals surface area contributed by atoms with Crippen molar-refractivity contribution in [2.45, 2.75) is 19.4 Å². The number of aromatic nitrogens is 1. The second kappa shape index (κ2) is 4.93. The van der Waals surface area contributed by atoms with Crippen LogP contribution in [0.5, 0.6) is 0 Å². The van der Waals surface area contributed by atoms with E-state index in [0.717, 1.165) is 28.1 Å². The number of fused-ring (bicyclic) bond motifs is 1. The van der Waals surface area contributed by atoms with E-state index in [9.17, 15) is 0 Å². The Hall–Kier alpha value is -2.01. The molecule has 0 fully saturated rings. The molecule has 0 saturated carbocycles. The maximum Gasteiger partial charge on any atom is 0.106 e. The summed E-state index contributed by atoms with van der Waals surface area (Å²) in [5.41, 5.74) is 10.5. The monoisotopic (exact) mass is 273 g/mol. The molecule has 5 heteroatoms. The Morgan fingerprint density at radius 3 is 3.11 bits per heavy atom. The lowest BCUT2D eigenvalue weighted by atomic mass is 10.1. The number of hydrogen-bond acceptors (Lipinski definition) is 5. The van der Waals surface area contributed by atoms with Crippen LogP contribution in [-0.4, -0.2) is 11.0 Å². The Balaban J connectivity index is 1.79. The number of nitrogen functional groups attached to an aromatic ring is 1. The van der Waals surface area contributed by atoms with Crippen molar-refractivity contribution in [3.63, 3.8) is 0 Å². The van der Waals surface area contributed by atoms with Crippen molar-refractivity contribution in [2.75, 3.05) is 11.1 Å². The van der Waals surface area contributed by atoms with Gasteiger partial charge in [-0.05, 0) is 31.2 Å². The number of anilines is 2. The summed E-state index contributed by atoms with van der Waals surface area (Å²) in [6, 6.07) is 8.17. The minimum Gasteiger partial charge on any atom is -0.469 e. The number of nitrogens with zero attached hydrogens (tertiary/aromatic N) is 1. The molecule has 1 aromatic carbocycles. The first-order chi connectivity index (χ1) is 9.24. The van der Waals surface area contributed by atoms with Crippen molar-refractivity contribution >= 4 is 32.9 Å². The minimum atomic E-state index is 0.240. The zero-order chi connectivity index (χ0) is 13.2. The van der Waals surface area contributed by atoms with E-state index in [0.29, 0.717) is 5.69 Å². The van der Waals surface area contributed by atoms with Crippen LogP contribution in [0.1, 0.15) is 12.7 Å². The molecule has 3 N–H and O–H groups in total. The summed E-state index contributed by atoms with van der Waals surface area (Å²) in [6.45, 7) is 2.10. The van der Waals surface area contributed by atoms with Crippen LogP contribution in [0.4, 0.5) is 11.4 Å². The fourth-order valence-corrected chi connectivity index (χ4v) is 2.82. The average Bonchev–Trinajstić information content (AvgIpc) is 3.03. The summed E-state index contributed by atoms with van der Waals surface area (Å²) in [7, 11) is 0. The molecule has 4 nitrogen and oxygen atoms in total. The lowest BCUT2D eigenvalue weighted by molar-refractivity contribution is 0.498. The first-order valence-electron chi connectivity index (χ1n) is 6.14. The van der Waals surface area contributed by atoms with Gasteiger partial charge in [-0.1, -0.05) is 0 Å². The molecule has 0 aliphatic heterocycles. The van der Waals surface area contributed by atoms with Crippen molar-refractivity contribution < 1.29 is 4.42 Å². The summed E-state index contributed by atoms with van der Waals surface area (Å²) in [5, 5.41) is 3.41. The molecule has 0 aliphatic carbocycles. The van der Waals surface area contributed by atoms with Gasteiger partial charge in [-0.2, -0.15) is 0 Å². The van der Waals surface area contributed by atoms with Crippen LogP contribution in [0.15, 0.2) is 40.5 Å². The van der Waals surface area contributed by atoms with E-state index in [1.807, 2.05) is 29.8 Å². The molecule has 98 valence electrons. The van der Waals surface area contributed by atoms with Crippen LogP contribution in [0.2, 0.25) is 0 Å². The van der Waals surface area contributed by atoms with Crippen molar-refractivity contribution in [1.82, 2.24) is 4.98 Å². The molecular weight excluding hydrogens is 258 g/mol. The van der Waals surface area contributed by atoms with Crippen LogP contribution in [0, 0.1) is 0 Å². The Morgan fingerprint density at radius 1 is 1.42 bits per heavy atom. The van der Waals surface area contributed by atoms with Crippen molar-refractivity contribution in [3.05, 3.63) is 41.8 Å². The third-order valence-corrected chi connectivity index (χ3v) is 3.83. The van der Waals surface area contributed by atoms with E-state index in [1.54, 1.807) is 17.6 Å². The summed E-state index contributed by atoms with van der Waals surface area (Å²) in [5.74, 6) is 0.966. The van der Waals surface area contributed by atoms with E-state index in [-0.39, 0.29) is 6.04 Å². The van der Waals surface area contributed by atoms with Crippen LogP contribution >= 0.6 is 11.3 Å². The number of thiazole rings is 1. The van der Waals surface area contributed by atoms with Gasteiger partial charge in [0.25, 0.3) is 0 Å². The van der Waals surface area contributed by atoms with Gasteiger partial charge >= 0.3 is 0 Å². The molecule has 1 atom stereocenters. The van der Waals surface area contributed by atoms with Crippen LogP contribution in [-0.2, 0) is 6.42 Å². The molecule has 2 aromatic heterocycles. The van der Waals surface area contributed by atoms with Crippen molar-refractivity contribution in [3.8, 4) is 0 Å². The van der Waals surface area contributed by atoms with Gasteiger partial charge in [-0.25, -0.2) is 4.98 Å². The molecule has 0 aliphatic rings. The molecule has 19 heavy (non-hydrogen) atoms. The maximum absolute atomic E-state index is 6.14. The smallest absolute Gasteiger partial charge is 0.106 e. The standard InChI is InChI=1S/C14H15N3OS/c1-9(7-10-3-2-6-18-10)17-11-4-5-12-14(13(11)15)16-8-19-12/h2-6,8-9,17H,7,15H2,1H3. The Morgan fingerprint density at radius 2 is 2.32 bits per heavy atom. The van der Waals surface area contributed by atoms with Gasteiger partial charge in [0.1, 0.15) is 11.3 Å². The molecule has 3 rings (SSSR count). The largest absolute Gasteiger partial charge is 0.469 e. The molecule has 1 unspecified atom stereocenters. The highest BCUT2D eigenvalue weighted by atomic mass is 32.1. The van der Waals surface area contributed by atoms with E-state index in [4.69, 9.17) is 10.2 Å². The first kappa shape index (κ1) is 12.0. The van der Waals surface area contributed by atoms with Gasteiger partial charge in [0.2, 0.25) is 0 Å². The lowest BCUT2D eigenvalue weighted by Gasteiger charge is -2.15. The SMILES string of the molecule is CC(Cc1ccco1)Nc1ccc2scnc2c1N. The summed E-state index contributed by atoms with van der Waals surface area (Å²) < 4.78 is 6.46. The lowest BCUT2D eigenvalue weighted by Crippen LogP contribution is -2.18. The third kappa shape index (κ3) is 2.42. The maximum atomic E-state index is 6.14. The number of benzene rings is 1. The predicted octanol–water partition coefficient (Wildman–Crippen LogP) is 3.51. The summed E-state index contributed by atoms with van der Waals surface area (Å²) in [4.78, 5) is 4.30. The van der Waals surface area contributed by atoms with Gasteiger partial charge in [0.05, 0.1) is 27.8 Å². The number of hydrogen-bond donors (Lipinski definition) is 2. The van der Waals surface area contributed by atoms with Crippen LogP contribution in [0.3, 0.4) is 0 Å². The molecule has 2 heterocycles. The first-order valence-corrected chi connectivity index (χ1v) is 7.02. The van der Waals surface area contributed by atoms with Gasteiger partial charge in [0, 0.05) is 12.5 Å². The highest BCUT2D eigenvalue weighted by Gasteiger charge is 2.10. The van der Waals surface area contributed by atoms with E-state index in [1.165, 1.54) is 0 Å². The van der Waals surface area contributed by atoms with Crippen molar-refractivity contribution in [2.24, 2.45) is 0 Å². The highest BCUT2D eigenvalue weighted by molar-refractivity contribution is 7.16. The fourth-order valence-electron chi connectivity index (χ4n) is 2.12. The molecule has 0 amide bonds. The van der Waals surface area contributed by atoms with Crippen molar-refractivity contribution in [1.29, 1.82) is 0 Å². The topological polar surface area (TPSA) is 64.1 Å². The molecule has 3 aromatic rings. The third-order valence-electron chi connectivity index (χ3n) is 3.03. The quantitative estimate of drug-likeness (QED) is 0.714. The normalized spacial score (nSPS) is 12.7. The number of furan rings is 1. The van der Waals surface area contributed by atoms with Gasteiger partial charge in [0.15, 0.2) is 0 Å². The zero-order valence-electron chi connectivity index (χ0n) is 10.6. The molecule has 0 spiro atoms. The van der Waals surface area contributed by atoms with E-state index >= 15 is 0 Å². The van der Waals surface area contributed by atoms with Gasteiger partial charge in [-0.3, -0.25) is 0 Å². The Bertz CT molecular complexity index is 675. The average molecular weight is 273 g/mol. The molecular formula is C14H15N3OS. The van der Waals surface area contributed by atoms with E-state index in [2.05, 4.69) is 17.2 Å².